The van der Waals surface area contributed by atoms with Crippen LogP contribution in [0.15, 0.2) is 17.9 Å². The monoisotopic (exact) mass is 524 g/mol. The molecule has 1 aromatic rings. The molecule has 2 aliphatic rings. The number of nitrogens with one attached hydrogen (secondary N) is 1. The van der Waals surface area contributed by atoms with Crippen LogP contribution in [0.25, 0.3) is 0 Å². The van der Waals surface area contributed by atoms with Crippen LogP contribution in [0, 0.1) is 17.0 Å². The van der Waals surface area contributed by atoms with E-state index in [9.17, 15) is 14.4 Å². The van der Waals surface area contributed by atoms with Crippen LogP contribution in [0.4, 0.5) is 19.3 Å². The Morgan fingerprint density at radius 3 is 2.41 bits per heavy atom. The molecular weight excluding hydrogens is 490 g/mol. The van der Waals surface area contributed by atoms with Crippen LogP contribution in [0.2, 0.25) is 0 Å². The molecule has 1 heterocycles. The Balaban J connectivity index is 1.93. The molecule has 1 atom stereocenters. The molecule has 1 aromatic carbocycles. The first kappa shape index (κ1) is 28.2. The van der Waals surface area contributed by atoms with Gasteiger partial charge in [0.15, 0.2) is 17.4 Å². The number of amides is 1. The van der Waals surface area contributed by atoms with Crippen LogP contribution in [0.1, 0.15) is 57.8 Å². The first-order chi connectivity index (χ1) is 17.4. The van der Waals surface area contributed by atoms with Crippen LogP contribution in [0.5, 0.6) is 5.75 Å². The van der Waals surface area contributed by atoms with Crippen molar-refractivity contribution in [2.24, 2.45) is 5.41 Å². The summed E-state index contributed by atoms with van der Waals surface area (Å²) in [6, 6.07) is 0.392. The molecule has 0 aromatic heterocycles. The fraction of sp³-hybridized carbons (Fsp3) is 0.577. The molecule has 1 aliphatic heterocycles. The minimum atomic E-state index is -1.12. The Morgan fingerprint density at radius 1 is 1.19 bits per heavy atom. The zero-order chi connectivity index (χ0) is 27.5. The average Bonchev–Trinajstić information content (AvgIpc) is 3.50. The van der Waals surface area contributed by atoms with Crippen molar-refractivity contribution in [1.29, 1.82) is 0 Å². The lowest BCUT2D eigenvalue weighted by Gasteiger charge is -2.24. The average molecular weight is 525 g/mol. The topological polar surface area (TPSA) is 103 Å². The predicted octanol–water partition coefficient (Wildman–Crippen LogP) is 4.13. The molecule has 1 N–H and O–H groups in total. The molecule has 3 rings (SSSR count). The molecule has 204 valence electrons. The summed E-state index contributed by atoms with van der Waals surface area (Å²) < 4.78 is 51.6. The van der Waals surface area contributed by atoms with Gasteiger partial charge in [-0.2, -0.15) is 0 Å². The molecule has 2 fully saturated rings. The quantitative estimate of drug-likeness (QED) is 0.128. The van der Waals surface area contributed by atoms with E-state index in [1.165, 1.54) is 0 Å². The molecule has 1 saturated carbocycles. The maximum Gasteiger partial charge on any atom is 0.407 e. The lowest BCUT2D eigenvalue weighted by Crippen LogP contribution is -2.44. The minimum absolute atomic E-state index is 0.0239. The van der Waals surface area contributed by atoms with E-state index in [1.54, 1.807) is 39.5 Å². The normalized spacial score (nSPS) is 18.4. The van der Waals surface area contributed by atoms with E-state index in [1.807, 2.05) is 0 Å². The summed E-state index contributed by atoms with van der Waals surface area (Å²) in [7, 11) is 1.16. The Labute approximate surface area is 215 Å². The van der Waals surface area contributed by atoms with Crippen LogP contribution in [-0.4, -0.2) is 62.9 Å². The highest BCUT2D eigenvalue weighted by atomic mass is 19.1. The summed E-state index contributed by atoms with van der Waals surface area (Å²) in [6.45, 7) is 9.11. The van der Waals surface area contributed by atoms with E-state index >= 15 is 8.78 Å². The van der Waals surface area contributed by atoms with Gasteiger partial charge in [-0.3, -0.25) is 4.79 Å². The molecule has 0 radical (unpaired) electrons. The maximum atomic E-state index is 15.6. The van der Waals surface area contributed by atoms with E-state index in [0.29, 0.717) is 6.54 Å². The van der Waals surface area contributed by atoms with Crippen LogP contribution in [0.3, 0.4) is 0 Å². The van der Waals surface area contributed by atoms with Crippen LogP contribution in [-0.2, 0) is 19.0 Å². The van der Waals surface area contributed by atoms with Gasteiger partial charge < -0.3 is 29.2 Å². The minimum Gasteiger partial charge on any atom is -0.500 e. The largest absolute Gasteiger partial charge is 0.500 e. The summed E-state index contributed by atoms with van der Waals surface area (Å²) >= 11 is 0. The van der Waals surface area contributed by atoms with Gasteiger partial charge in [0.05, 0.1) is 31.9 Å². The molecular formula is C26H34F2N2O7. The number of alkyl carbamates (subject to hydrolysis) is 1. The highest BCUT2D eigenvalue weighted by molar-refractivity contribution is 6.24. The lowest BCUT2D eigenvalue weighted by atomic mass is 10.0. The van der Waals surface area contributed by atoms with Crippen molar-refractivity contribution in [1.82, 2.24) is 5.32 Å². The SMILES string of the molecule is CCO/C=C(\C(=O)OCC)C(=O)c1cc(F)c(N2C[C@@H](NC(=O)OC(C)(C)C)C3(CC3)C2)c(OC)c1F. The number of Topliss-reactive ketones (excluding diaryl/α,β-unsaturated/α-hetero) is 1. The number of methoxy groups -OCH3 is 1. The lowest BCUT2D eigenvalue weighted by molar-refractivity contribution is -0.138. The van der Waals surface area contributed by atoms with Crippen molar-refractivity contribution in [3.63, 3.8) is 0 Å². The fourth-order valence-corrected chi connectivity index (χ4v) is 4.41. The molecule has 1 amide bonds. The van der Waals surface area contributed by atoms with Crippen molar-refractivity contribution in [2.45, 2.75) is 59.1 Å². The Kier molecular flexibility index (Phi) is 8.34. The number of hydrogen-bond acceptors (Lipinski definition) is 8. The third-order valence-electron chi connectivity index (χ3n) is 6.25. The van der Waals surface area contributed by atoms with E-state index < -0.39 is 52.0 Å². The van der Waals surface area contributed by atoms with Crippen LogP contribution < -0.4 is 15.0 Å². The third kappa shape index (κ3) is 6.14. The molecule has 1 aliphatic carbocycles. The number of esters is 1. The summed E-state index contributed by atoms with van der Waals surface area (Å²) in [5, 5.41) is 2.86. The fourth-order valence-electron chi connectivity index (χ4n) is 4.41. The standard InChI is InChI=1S/C26H34F2N2O7/c1-7-35-13-16(23(32)36-8-2)21(31)15-11-17(27)20(22(34-6)19(15)28)30-12-18(26(14-30)9-10-26)29-24(33)37-25(3,4)5/h11,13,18H,7-10,12,14H2,1-6H3,(H,29,33)/b16-13-/t18-/m1/s1. The summed E-state index contributed by atoms with van der Waals surface area (Å²) in [6.07, 6.45) is 1.90. The van der Waals surface area contributed by atoms with Gasteiger partial charge in [-0.05, 0) is 53.5 Å². The van der Waals surface area contributed by atoms with Crippen molar-refractivity contribution < 1.29 is 42.1 Å². The van der Waals surface area contributed by atoms with Crippen molar-refractivity contribution >= 4 is 23.5 Å². The maximum absolute atomic E-state index is 15.6. The zero-order valence-corrected chi connectivity index (χ0v) is 22.0. The van der Waals surface area contributed by atoms with Crippen molar-refractivity contribution in [2.75, 3.05) is 38.3 Å². The van der Waals surface area contributed by atoms with Crippen molar-refractivity contribution in [3.8, 4) is 5.75 Å². The van der Waals surface area contributed by atoms with Gasteiger partial charge in [0, 0.05) is 18.5 Å². The van der Waals surface area contributed by atoms with E-state index in [0.717, 1.165) is 32.3 Å². The van der Waals surface area contributed by atoms with Gasteiger partial charge in [0.25, 0.3) is 0 Å². The number of carbonyl (C=O) groups excluding carboxylic acids is 3. The molecule has 9 nitrogen and oxygen atoms in total. The summed E-state index contributed by atoms with van der Waals surface area (Å²) in [5.41, 5.74) is -2.41. The highest BCUT2D eigenvalue weighted by Crippen LogP contribution is 2.55. The van der Waals surface area contributed by atoms with Gasteiger partial charge in [-0.25, -0.2) is 18.4 Å². The number of hydrogen-bond donors (Lipinski definition) is 1. The number of halogens is 2. The Hall–Kier alpha value is -3.37. The van der Waals surface area contributed by atoms with Gasteiger partial charge in [-0.1, -0.05) is 0 Å². The Morgan fingerprint density at radius 2 is 1.86 bits per heavy atom. The molecule has 11 heteroatoms. The number of rotatable bonds is 9. The van der Waals surface area contributed by atoms with Gasteiger partial charge in [0.1, 0.15) is 23.1 Å². The molecule has 37 heavy (non-hydrogen) atoms. The smallest absolute Gasteiger partial charge is 0.407 e. The van der Waals surface area contributed by atoms with E-state index in [2.05, 4.69) is 5.32 Å². The van der Waals surface area contributed by atoms with E-state index in [4.69, 9.17) is 18.9 Å². The molecule has 0 bridgehead atoms. The third-order valence-corrected chi connectivity index (χ3v) is 6.25. The number of carbonyl (C=O) groups is 3. The number of ether oxygens (including phenoxy) is 4. The number of nitrogens with zero attached hydrogens (tertiary/aromatic N) is 1. The van der Waals surface area contributed by atoms with E-state index in [-0.39, 0.29) is 36.9 Å². The summed E-state index contributed by atoms with van der Waals surface area (Å²) in [5.74, 6) is -4.62. The van der Waals surface area contributed by atoms with Gasteiger partial charge in [-0.15, -0.1) is 0 Å². The zero-order valence-electron chi connectivity index (χ0n) is 22.0. The van der Waals surface area contributed by atoms with Gasteiger partial charge in [0.2, 0.25) is 5.78 Å². The molecule has 0 unspecified atom stereocenters. The van der Waals surface area contributed by atoms with Gasteiger partial charge >= 0.3 is 12.1 Å². The second kappa shape index (κ2) is 10.9. The number of benzene rings is 1. The first-order valence-electron chi connectivity index (χ1n) is 12.2. The molecule has 1 spiro atoms. The highest BCUT2D eigenvalue weighted by Gasteiger charge is 2.56. The number of ketones is 1. The van der Waals surface area contributed by atoms with Crippen LogP contribution >= 0.6 is 0 Å². The second-order valence-electron chi connectivity index (χ2n) is 10.1. The molecule has 1 saturated heterocycles. The predicted molar refractivity (Wildman–Crippen MR) is 131 cm³/mol. The Bertz CT molecular complexity index is 1090. The number of anilines is 1. The second-order valence-corrected chi connectivity index (χ2v) is 10.1. The summed E-state index contributed by atoms with van der Waals surface area (Å²) in [4.78, 5) is 39.3. The van der Waals surface area contributed by atoms with Crippen molar-refractivity contribution in [3.05, 3.63) is 35.1 Å². The first-order valence-corrected chi connectivity index (χ1v) is 12.2.